The van der Waals surface area contributed by atoms with Gasteiger partial charge in [0.25, 0.3) is 0 Å². The molecule has 144 valence electrons. The van der Waals surface area contributed by atoms with Gasteiger partial charge in [0.15, 0.2) is 0 Å². The summed E-state index contributed by atoms with van der Waals surface area (Å²) in [5.74, 6) is -0.0216. The first-order valence-corrected chi connectivity index (χ1v) is 12.3. The van der Waals surface area contributed by atoms with Gasteiger partial charge in [0.1, 0.15) is 23.0 Å². The van der Waals surface area contributed by atoms with Crippen LogP contribution in [0.1, 0.15) is 10.4 Å². The highest BCUT2D eigenvalue weighted by Gasteiger charge is 2.20. The summed E-state index contributed by atoms with van der Waals surface area (Å²) in [5.41, 5.74) is 2.31. The molecular weight excluding hydrogens is 382 g/mol. The highest BCUT2D eigenvalue weighted by Crippen LogP contribution is 2.33. The molecular formula is C19H23N3O3S2. The lowest BCUT2D eigenvalue weighted by Gasteiger charge is -2.24. The average Bonchev–Trinajstić information content (AvgIpc) is 3.26. The molecule has 0 aliphatic carbocycles. The fraction of sp³-hybridized carbons (Fsp3) is 0.316. The molecule has 0 saturated heterocycles. The summed E-state index contributed by atoms with van der Waals surface area (Å²) in [7, 11) is -0.619. The quantitative estimate of drug-likeness (QED) is 0.572. The number of carbonyl (C=O) groups is 1. The molecule has 0 radical (unpaired) electrons. The van der Waals surface area contributed by atoms with Crippen molar-refractivity contribution in [1.82, 2.24) is 14.8 Å². The minimum atomic E-state index is -1.02. The molecule has 3 rings (SSSR count). The standard InChI is InChI=1S/C19H23N3O3S2/c1-27(2,3)10-9-25-13-22-11-15(19(23)24)17(21-22)18-20-16(12-26-18)14-7-5-4-6-8-14/h4-8,11-12H,9-10,13H2,1-3H3,(H,23,24). The third-order valence-corrected chi connectivity index (χ3v) is 6.07. The summed E-state index contributed by atoms with van der Waals surface area (Å²) in [6, 6.07) is 9.79. The van der Waals surface area contributed by atoms with Gasteiger partial charge in [-0.15, -0.1) is 11.3 Å². The number of carboxylic acids is 1. The Bertz CT molecular complexity index is 914. The van der Waals surface area contributed by atoms with Crippen molar-refractivity contribution in [2.24, 2.45) is 0 Å². The van der Waals surface area contributed by atoms with Gasteiger partial charge in [-0.1, -0.05) is 30.3 Å². The molecule has 3 aromatic rings. The van der Waals surface area contributed by atoms with Crippen LogP contribution in [-0.4, -0.2) is 57.0 Å². The number of hydrogen-bond donors (Lipinski definition) is 1. The smallest absolute Gasteiger partial charge is 0.339 e. The van der Waals surface area contributed by atoms with E-state index in [2.05, 4.69) is 28.8 Å². The number of carboxylic acid groups (broad SMARTS) is 1. The Morgan fingerprint density at radius 2 is 2.00 bits per heavy atom. The number of benzene rings is 1. The molecule has 6 nitrogen and oxygen atoms in total. The Kier molecular flexibility index (Phi) is 5.98. The minimum Gasteiger partial charge on any atom is -0.478 e. The number of hydrogen-bond acceptors (Lipinski definition) is 5. The zero-order valence-corrected chi connectivity index (χ0v) is 17.2. The molecule has 27 heavy (non-hydrogen) atoms. The van der Waals surface area contributed by atoms with Crippen molar-refractivity contribution in [3.8, 4) is 22.0 Å². The van der Waals surface area contributed by atoms with Gasteiger partial charge < -0.3 is 9.84 Å². The minimum absolute atomic E-state index is 0.133. The third kappa shape index (κ3) is 5.18. The fourth-order valence-electron chi connectivity index (χ4n) is 2.39. The average molecular weight is 406 g/mol. The van der Waals surface area contributed by atoms with Crippen molar-refractivity contribution in [1.29, 1.82) is 0 Å². The van der Waals surface area contributed by atoms with Crippen molar-refractivity contribution in [2.45, 2.75) is 6.73 Å². The zero-order valence-electron chi connectivity index (χ0n) is 15.6. The van der Waals surface area contributed by atoms with Crippen LogP contribution in [0.2, 0.25) is 0 Å². The van der Waals surface area contributed by atoms with Crippen LogP contribution in [0.15, 0.2) is 41.9 Å². The Balaban J connectivity index is 1.78. The maximum atomic E-state index is 11.6. The van der Waals surface area contributed by atoms with E-state index in [0.29, 0.717) is 17.3 Å². The van der Waals surface area contributed by atoms with E-state index in [9.17, 15) is 9.90 Å². The van der Waals surface area contributed by atoms with Crippen molar-refractivity contribution in [3.05, 3.63) is 47.5 Å². The lowest BCUT2D eigenvalue weighted by Crippen LogP contribution is -2.10. The molecule has 0 aliphatic heterocycles. The third-order valence-electron chi connectivity index (χ3n) is 3.83. The summed E-state index contributed by atoms with van der Waals surface area (Å²) < 4.78 is 7.19. The number of thiazole rings is 1. The van der Waals surface area contributed by atoms with E-state index in [0.717, 1.165) is 17.0 Å². The topological polar surface area (TPSA) is 77.2 Å². The van der Waals surface area contributed by atoms with Gasteiger partial charge in [-0.3, -0.25) is 0 Å². The fourth-order valence-corrected chi connectivity index (χ4v) is 3.84. The van der Waals surface area contributed by atoms with Crippen molar-refractivity contribution >= 4 is 27.3 Å². The Labute approximate surface area is 164 Å². The molecule has 0 bridgehead atoms. The zero-order chi connectivity index (χ0) is 19.4. The molecule has 2 aromatic heterocycles. The van der Waals surface area contributed by atoms with Crippen LogP contribution >= 0.6 is 21.4 Å². The number of aromatic nitrogens is 3. The maximum Gasteiger partial charge on any atom is 0.339 e. The van der Waals surface area contributed by atoms with E-state index < -0.39 is 16.0 Å². The van der Waals surface area contributed by atoms with Gasteiger partial charge in [0.05, 0.1) is 12.3 Å². The van der Waals surface area contributed by atoms with Crippen LogP contribution in [0.3, 0.4) is 0 Å². The summed E-state index contributed by atoms with van der Waals surface area (Å²) in [5, 5.41) is 16.4. The largest absolute Gasteiger partial charge is 0.478 e. The number of rotatable bonds is 8. The molecule has 0 spiro atoms. The highest BCUT2D eigenvalue weighted by molar-refractivity contribution is 8.32. The molecule has 1 aromatic carbocycles. The number of ether oxygens (including phenoxy) is 1. The lowest BCUT2D eigenvalue weighted by molar-refractivity contribution is 0.0694. The molecule has 0 saturated carbocycles. The second-order valence-electron chi connectivity index (χ2n) is 6.97. The van der Waals surface area contributed by atoms with Crippen molar-refractivity contribution in [3.63, 3.8) is 0 Å². The predicted octanol–water partition coefficient (Wildman–Crippen LogP) is 4.04. The van der Waals surface area contributed by atoms with E-state index in [1.165, 1.54) is 22.2 Å². The molecule has 0 amide bonds. The Morgan fingerprint density at radius 3 is 2.67 bits per heavy atom. The van der Waals surface area contributed by atoms with E-state index >= 15 is 0 Å². The van der Waals surface area contributed by atoms with Crippen LogP contribution in [-0.2, 0) is 11.5 Å². The summed E-state index contributed by atoms with van der Waals surface area (Å²) in [4.78, 5) is 16.2. The molecule has 1 N–H and O–H groups in total. The molecule has 0 fully saturated rings. The van der Waals surface area contributed by atoms with Gasteiger partial charge in [-0.2, -0.15) is 5.10 Å². The predicted molar refractivity (Wildman–Crippen MR) is 112 cm³/mol. The van der Waals surface area contributed by atoms with Crippen LogP contribution in [0.25, 0.3) is 22.0 Å². The second kappa shape index (κ2) is 8.24. The van der Waals surface area contributed by atoms with Gasteiger partial charge in [-0.25, -0.2) is 24.5 Å². The monoisotopic (exact) mass is 405 g/mol. The molecule has 8 heteroatoms. The van der Waals surface area contributed by atoms with Crippen LogP contribution in [0.4, 0.5) is 0 Å². The Hall–Kier alpha value is -2.16. The van der Waals surface area contributed by atoms with Gasteiger partial charge in [0.2, 0.25) is 0 Å². The van der Waals surface area contributed by atoms with Gasteiger partial charge in [-0.05, 0) is 18.8 Å². The van der Waals surface area contributed by atoms with Crippen molar-refractivity contribution in [2.75, 3.05) is 31.1 Å². The summed E-state index contributed by atoms with van der Waals surface area (Å²) >= 11 is 1.39. The maximum absolute atomic E-state index is 11.6. The number of nitrogens with zero attached hydrogens (tertiary/aromatic N) is 3. The normalized spacial score (nSPS) is 12.3. The first-order valence-electron chi connectivity index (χ1n) is 8.39. The van der Waals surface area contributed by atoms with Crippen LogP contribution < -0.4 is 0 Å². The summed E-state index contributed by atoms with van der Waals surface area (Å²) in [6.07, 6.45) is 8.21. The van der Waals surface area contributed by atoms with E-state index in [1.54, 1.807) is 0 Å². The van der Waals surface area contributed by atoms with E-state index in [1.807, 2.05) is 35.7 Å². The van der Waals surface area contributed by atoms with E-state index in [4.69, 9.17) is 4.74 Å². The van der Waals surface area contributed by atoms with Crippen LogP contribution in [0.5, 0.6) is 0 Å². The van der Waals surface area contributed by atoms with Crippen molar-refractivity contribution < 1.29 is 14.6 Å². The second-order valence-corrected chi connectivity index (χ2v) is 12.4. The van der Waals surface area contributed by atoms with Gasteiger partial charge >= 0.3 is 5.97 Å². The highest BCUT2D eigenvalue weighted by atomic mass is 32.3. The first-order chi connectivity index (χ1) is 12.8. The van der Waals surface area contributed by atoms with Gasteiger partial charge in [0, 0.05) is 22.9 Å². The molecule has 2 heterocycles. The van der Waals surface area contributed by atoms with Crippen LogP contribution in [0, 0.1) is 0 Å². The molecule has 0 aliphatic rings. The molecule has 0 atom stereocenters. The number of aromatic carboxylic acids is 1. The lowest BCUT2D eigenvalue weighted by atomic mass is 10.2. The first kappa shape index (κ1) is 19.6. The summed E-state index contributed by atoms with van der Waals surface area (Å²) in [6.45, 7) is 0.860. The SMILES string of the molecule is CS(C)(C)CCOCn1cc(C(=O)O)c(-c2nc(-c3ccccc3)cs2)n1. The Morgan fingerprint density at radius 1 is 1.26 bits per heavy atom. The molecule has 0 unspecified atom stereocenters. The van der Waals surface area contributed by atoms with E-state index in [-0.39, 0.29) is 12.3 Å².